The van der Waals surface area contributed by atoms with Gasteiger partial charge in [-0.05, 0) is 46.2 Å². The molecule has 2 rings (SSSR count). The normalized spacial score (nSPS) is 24.3. The van der Waals surface area contributed by atoms with E-state index >= 15 is 0 Å². The van der Waals surface area contributed by atoms with Gasteiger partial charge < -0.3 is 9.80 Å². The summed E-state index contributed by atoms with van der Waals surface area (Å²) in [5.41, 5.74) is -0.0269. The Bertz CT molecular complexity index is 253. The van der Waals surface area contributed by atoms with Gasteiger partial charge in [-0.2, -0.15) is 0 Å². The van der Waals surface area contributed by atoms with Gasteiger partial charge in [0.25, 0.3) is 0 Å². The molecule has 0 bridgehead atoms. The molecule has 0 atom stereocenters. The second kappa shape index (κ2) is 4.74. The van der Waals surface area contributed by atoms with Crippen LogP contribution in [0.15, 0.2) is 0 Å². The van der Waals surface area contributed by atoms with Crippen LogP contribution >= 0.6 is 0 Å². The van der Waals surface area contributed by atoms with Crippen LogP contribution in [-0.4, -0.2) is 49.4 Å². The molecule has 0 aromatic rings. The molecule has 1 amide bonds. The number of piperidine rings is 1. The number of carbonyl (C=O) groups excluding carboxylic acids is 1. The van der Waals surface area contributed by atoms with Gasteiger partial charge >= 0.3 is 0 Å². The monoisotopic (exact) mass is 224 g/mol. The molecule has 1 aliphatic heterocycles. The van der Waals surface area contributed by atoms with Gasteiger partial charge in [0.2, 0.25) is 5.91 Å². The van der Waals surface area contributed by atoms with Crippen molar-refractivity contribution in [3.63, 3.8) is 0 Å². The van der Waals surface area contributed by atoms with Crippen molar-refractivity contribution < 1.29 is 4.79 Å². The van der Waals surface area contributed by atoms with Crippen LogP contribution < -0.4 is 0 Å². The summed E-state index contributed by atoms with van der Waals surface area (Å²) >= 11 is 0. The Balaban J connectivity index is 1.99. The Morgan fingerprint density at radius 2 is 1.75 bits per heavy atom. The van der Waals surface area contributed by atoms with Gasteiger partial charge in [-0.15, -0.1) is 0 Å². The number of amides is 1. The number of carbonyl (C=O) groups is 1. The van der Waals surface area contributed by atoms with Gasteiger partial charge in [0.15, 0.2) is 0 Å². The molecule has 0 unspecified atom stereocenters. The highest BCUT2D eigenvalue weighted by Crippen LogP contribution is 2.43. The van der Waals surface area contributed by atoms with Crippen molar-refractivity contribution in [1.82, 2.24) is 9.80 Å². The average molecular weight is 224 g/mol. The Kier molecular flexibility index (Phi) is 3.53. The van der Waals surface area contributed by atoms with E-state index in [1.807, 2.05) is 0 Å². The van der Waals surface area contributed by atoms with Crippen LogP contribution in [0.4, 0.5) is 0 Å². The maximum Gasteiger partial charge on any atom is 0.230 e. The van der Waals surface area contributed by atoms with Crippen LogP contribution in [0.1, 0.15) is 38.5 Å². The highest BCUT2D eigenvalue weighted by atomic mass is 16.2. The lowest BCUT2D eigenvalue weighted by Crippen LogP contribution is -2.53. The molecule has 1 saturated carbocycles. The zero-order valence-corrected chi connectivity index (χ0v) is 10.7. The first kappa shape index (κ1) is 11.9. The maximum atomic E-state index is 12.5. The number of hydrogen-bond donors (Lipinski definition) is 0. The summed E-state index contributed by atoms with van der Waals surface area (Å²) in [5.74, 6) is 0.437. The molecule has 1 heterocycles. The third kappa shape index (κ3) is 2.24. The average Bonchev–Trinajstić information content (AvgIpc) is 2.23. The molecule has 1 saturated heterocycles. The number of nitrogens with zero attached hydrogens (tertiary/aromatic N) is 2. The first-order valence-corrected chi connectivity index (χ1v) is 6.58. The molecule has 92 valence electrons. The second-order valence-electron chi connectivity index (χ2n) is 5.72. The van der Waals surface area contributed by atoms with Crippen molar-refractivity contribution in [3.8, 4) is 0 Å². The Morgan fingerprint density at radius 1 is 1.12 bits per heavy atom. The molecular weight excluding hydrogens is 200 g/mol. The third-order valence-electron chi connectivity index (χ3n) is 4.03. The summed E-state index contributed by atoms with van der Waals surface area (Å²) in [6.45, 7) is 2.92. The van der Waals surface area contributed by atoms with Crippen LogP contribution in [0, 0.1) is 5.41 Å². The van der Waals surface area contributed by atoms with E-state index < -0.39 is 0 Å². The lowest BCUT2D eigenvalue weighted by molar-refractivity contribution is -0.149. The SMILES string of the molecule is CN(C)CC1(C(=O)N2CCCCC2)CCC1. The molecule has 0 spiro atoms. The van der Waals surface area contributed by atoms with Crippen LogP contribution in [0.5, 0.6) is 0 Å². The molecule has 0 aromatic carbocycles. The predicted molar refractivity (Wildman–Crippen MR) is 65.3 cm³/mol. The zero-order valence-electron chi connectivity index (χ0n) is 10.7. The van der Waals surface area contributed by atoms with Crippen molar-refractivity contribution in [2.75, 3.05) is 33.7 Å². The first-order valence-electron chi connectivity index (χ1n) is 6.58. The fourth-order valence-corrected chi connectivity index (χ4v) is 3.08. The molecule has 1 aliphatic carbocycles. The summed E-state index contributed by atoms with van der Waals surface area (Å²) in [5, 5.41) is 0. The summed E-state index contributed by atoms with van der Waals surface area (Å²) in [6, 6.07) is 0. The molecule has 2 aliphatic rings. The standard InChI is InChI=1S/C13H24N2O/c1-14(2)11-13(7-6-8-13)12(16)15-9-4-3-5-10-15/h3-11H2,1-2H3. The highest BCUT2D eigenvalue weighted by molar-refractivity contribution is 5.84. The van der Waals surface area contributed by atoms with Crippen molar-refractivity contribution in [1.29, 1.82) is 0 Å². The molecule has 0 aromatic heterocycles. The van der Waals surface area contributed by atoms with Gasteiger partial charge in [0, 0.05) is 19.6 Å². The van der Waals surface area contributed by atoms with Gasteiger partial charge in [0.05, 0.1) is 5.41 Å². The van der Waals surface area contributed by atoms with Crippen molar-refractivity contribution in [3.05, 3.63) is 0 Å². The lowest BCUT2D eigenvalue weighted by atomic mass is 9.67. The lowest BCUT2D eigenvalue weighted by Gasteiger charge is -2.45. The van der Waals surface area contributed by atoms with E-state index in [0.29, 0.717) is 5.91 Å². The van der Waals surface area contributed by atoms with Crippen molar-refractivity contribution in [2.45, 2.75) is 38.5 Å². The number of rotatable bonds is 3. The van der Waals surface area contributed by atoms with E-state index in [2.05, 4.69) is 23.9 Å². The van der Waals surface area contributed by atoms with E-state index in [9.17, 15) is 4.79 Å². The molecular formula is C13H24N2O. The Hall–Kier alpha value is -0.570. The minimum Gasteiger partial charge on any atom is -0.342 e. The van der Waals surface area contributed by atoms with Crippen LogP contribution in [0.3, 0.4) is 0 Å². The molecule has 3 heteroatoms. The topological polar surface area (TPSA) is 23.6 Å². The van der Waals surface area contributed by atoms with E-state index in [1.165, 1.54) is 25.7 Å². The van der Waals surface area contributed by atoms with Crippen molar-refractivity contribution >= 4 is 5.91 Å². The Morgan fingerprint density at radius 3 is 2.19 bits per heavy atom. The van der Waals surface area contributed by atoms with Crippen LogP contribution in [0.25, 0.3) is 0 Å². The van der Waals surface area contributed by atoms with E-state index in [4.69, 9.17) is 0 Å². The molecule has 0 N–H and O–H groups in total. The second-order valence-corrected chi connectivity index (χ2v) is 5.72. The third-order valence-corrected chi connectivity index (χ3v) is 4.03. The fraction of sp³-hybridized carbons (Fsp3) is 0.923. The summed E-state index contributed by atoms with van der Waals surface area (Å²) in [7, 11) is 4.15. The maximum absolute atomic E-state index is 12.5. The van der Waals surface area contributed by atoms with Gasteiger partial charge in [-0.1, -0.05) is 6.42 Å². The molecule has 3 nitrogen and oxygen atoms in total. The van der Waals surface area contributed by atoms with E-state index in [1.54, 1.807) is 0 Å². The minimum absolute atomic E-state index is 0.0269. The smallest absolute Gasteiger partial charge is 0.230 e. The molecule has 16 heavy (non-hydrogen) atoms. The summed E-state index contributed by atoms with van der Waals surface area (Å²) in [6.07, 6.45) is 7.12. The van der Waals surface area contributed by atoms with Gasteiger partial charge in [-0.3, -0.25) is 4.79 Å². The van der Waals surface area contributed by atoms with Gasteiger partial charge in [0.1, 0.15) is 0 Å². The summed E-state index contributed by atoms with van der Waals surface area (Å²) < 4.78 is 0. The van der Waals surface area contributed by atoms with Gasteiger partial charge in [-0.25, -0.2) is 0 Å². The number of likely N-dealkylation sites (tertiary alicyclic amines) is 1. The van der Waals surface area contributed by atoms with Crippen molar-refractivity contribution in [2.24, 2.45) is 5.41 Å². The first-order chi connectivity index (χ1) is 7.64. The highest BCUT2D eigenvalue weighted by Gasteiger charge is 2.46. The van der Waals surface area contributed by atoms with Crippen LogP contribution in [0.2, 0.25) is 0 Å². The van der Waals surface area contributed by atoms with E-state index in [-0.39, 0.29) is 5.41 Å². The minimum atomic E-state index is -0.0269. The fourth-order valence-electron chi connectivity index (χ4n) is 3.08. The molecule has 0 radical (unpaired) electrons. The largest absolute Gasteiger partial charge is 0.342 e. The van der Waals surface area contributed by atoms with Crippen LogP contribution in [-0.2, 0) is 4.79 Å². The number of hydrogen-bond acceptors (Lipinski definition) is 2. The predicted octanol–water partition coefficient (Wildman–Crippen LogP) is 1.73. The zero-order chi connectivity index (χ0) is 11.6. The summed E-state index contributed by atoms with van der Waals surface area (Å²) in [4.78, 5) is 16.8. The van der Waals surface area contributed by atoms with E-state index in [0.717, 1.165) is 32.5 Å². The Labute approximate surface area is 98.8 Å². The quantitative estimate of drug-likeness (QED) is 0.729. The molecule has 2 fully saturated rings.